The molecule has 0 nitrogen and oxygen atoms in total. The fourth-order valence-corrected chi connectivity index (χ4v) is 17.4. The zero-order chi connectivity index (χ0) is 10.3. The topological polar surface area (TPSA) is 0 Å². The van der Waals surface area contributed by atoms with E-state index >= 15 is 0 Å². The molecule has 0 aromatic carbocycles. The minimum absolute atomic E-state index is 0.893. The van der Waals surface area contributed by atoms with Crippen LogP contribution in [0.1, 0.15) is 27.2 Å². The van der Waals surface area contributed by atoms with Gasteiger partial charge in [0.2, 0.25) is 0 Å². The molecule has 0 spiro atoms. The minimum atomic E-state index is 0.893. The molecule has 0 saturated heterocycles. The van der Waals surface area contributed by atoms with Gasteiger partial charge in [-0.15, -0.1) is 0 Å². The van der Waals surface area contributed by atoms with Crippen LogP contribution in [0, 0.1) is 0 Å². The summed E-state index contributed by atoms with van der Waals surface area (Å²) in [6.45, 7) is 7.31. The van der Waals surface area contributed by atoms with Crippen LogP contribution in [0.3, 0.4) is 0 Å². The van der Waals surface area contributed by atoms with Gasteiger partial charge < -0.3 is 0 Å². The molecule has 0 N–H and O–H groups in total. The molecular weight excluding hydrogens is 424 g/mol. The van der Waals surface area contributed by atoms with E-state index in [2.05, 4.69) is 32.4 Å². The van der Waals surface area contributed by atoms with Gasteiger partial charge in [0.15, 0.2) is 0 Å². The van der Waals surface area contributed by atoms with E-state index in [0.717, 1.165) is 71.0 Å². The predicted molar refractivity (Wildman–Crippen MR) is 67.6 cm³/mol. The van der Waals surface area contributed by atoms with Crippen molar-refractivity contribution in [2.24, 2.45) is 0 Å². The van der Waals surface area contributed by atoms with Crippen LogP contribution in [0.15, 0.2) is 0 Å². The average molecular weight is 444 g/mol. The normalized spacial score (nSPS) is 18.2. The van der Waals surface area contributed by atoms with Gasteiger partial charge in [-0.2, -0.15) is 0 Å². The second-order valence-electron chi connectivity index (χ2n) is 2.72. The Morgan fingerprint density at radius 2 is 1.31 bits per heavy atom. The first-order valence-corrected chi connectivity index (χ1v) is 13.9. The zero-order valence-corrected chi connectivity index (χ0v) is 15.9. The summed E-state index contributed by atoms with van der Waals surface area (Å²) < 4.78 is 3.28. The van der Waals surface area contributed by atoms with Gasteiger partial charge in [0.05, 0.1) is 0 Å². The van der Waals surface area contributed by atoms with Gasteiger partial charge in [0, 0.05) is 0 Å². The van der Waals surface area contributed by atoms with E-state index in [4.69, 9.17) is 0 Å². The third kappa shape index (κ3) is 7.94. The van der Waals surface area contributed by atoms with Crippen molar-refractivity contribution < 1.29 is 0 Å². The molecule has 0 aliphatic heterocycles. The summed E-state index contributed by atoms with van der Waals surface area (Å²) in [5, 5.41) is 0. The van der Waals surface area contributed by atoms with Crippen molar-refractivity contribution in [3.05, 3.63) is 0 Å². The molecule has 4 heteroatoms. The number of hydrogen-bond acceptors (Lipinski definition) is 0. The molecule has 0 aromatic rings. The number of hydrogen-bond donors (Lipinski definition) is 0. The second kappa shape index (κ2) is 9.31. The molecule has 0 aliphatic rings. The molecule has 0 fully saturated rings. The monoisotopic (exact) mass is 448 g/mol. The summed E-state index contributed by atoms with van der Waals surface area (Å²) in [6.07, 6.45) is 1.45. The van der Waals surface area contributed by atoms with Crippen molar-refractivity contribution in [2.75, 3.05) is 0 Å². The predicted octanol–water partition coefficient (Wildman–Crippen LogP) is 2.59. The SMILES string of the molecule is CCC([Se]C(C)[Se]C)[Se]C(C)[Se]C. The van der Waals surface area contributed by atoms with Crippen molar-refractivity contribution in [2.45, 2.75) is 50.0 Å². The molecule has 0 heterocycles. The maximum absolute atomic E-state index is 2.46. The van der Waals surface area contributed by atoms with Gasteiger partial charge in [-0.1, -0.05) is 0 Å². The van der Waals surface area contributed by atoms with Crippen LogP contribution in [0.4, 0.5) is 0 Å². The molecule has 2 unspecified atom stereocenters. The molecule has 0 amide bonds. The molecule has 2 atom stereocenters. The summed E-state index contributed by atoms with van der Waals surface area (Å²) >= 11 is 3.68. The summed E-state index contributed by atoms with van der Waals surface area (Å²) in [5.41, 5.74) is 0. The summed E-state index contributed by atoms with van der Waals surface area (Å²) in [4.78, 5) is 0. The quantitative estimate of drug-likeness (QED) is 0.530. The third-order valence-electron chi connectivity index (χ3n) is 1.68. The van der Waals surface area contributed by atoms with Gasteiger partial charge in [-0.05, 0) is 0 Å². The zero-order valence-electron chi connectivity index (χ0n) is 9.07. The van der Waals surface area contributed by atoms with E-state index in [1.807, 2.05) is 0 Å². The molecule has 0 saturated carbocycles. The number of rotatable bonds is 7. The van der Waals surface area contributed by atoms with Crippen LogP contribution in [0.25, 0.3) is 0 Å². The molecule has 80 valence electrons. The van der Waals surface area contributed by atoms with E-state index in [0.29, 0.717) is 0 Å². The van der Waals surface area contributed by atoms with E-state index in [1.54, 1.807) is 0 Å². The van der Waals surface area contributed by atoms with Crippen LogP contribution in [-0.2, 0) is 0 Å². The van der Waals surface area contributed by atoms with E-state index in [9.17, 15) is 0 Å². The van der Waals surface area contributed by atoms with Crippen LogP contribution in [0.5, 0.6) is 0 Å². The van der Waals surface area contributed by atoms with E-state index < -0.39 is 0 Å². The Kier molecular flexibility index (Phi) is 10.8. The molecule has 0 radical (unpaired) electrons. The van der Waals surface area contributed by atoms with Crippen molar-refractivity contribution in [1.82, 2.24) is 0 Å². The van der Waals surface area contributed by atoms with Crippen LogP contribution >= 0.6 is 0 Å². The average Bonchev–Trinajstić information content (AvgIpc) is 2.16. The first kappa shape index (κ1) is 15.1. The Morgan fingerprint density at radius 3 is 1.54 bits per heavy atom. The van der Waals surface area contributed by atoms with E-state index in [1.165, 1.54) is 6.42 Å². The van der Waals surface area contributed by atoms with Crippen LogP contribution in [-0.4, -0.2) is 59.8 Å². The van der Waals surface area contributed by atoms with Gasteiger partial charge in [0.25, 0.3) is 0 Å². The second-order valence-corrected chi connectivity index (χ2v) is 18.7. The molecule has 0 bridgehead atoms. The molecule has 13 heavy (non-hydrogen) atoms. The molecular formula is C9H20Se4. The van der Waals surface area contributed by atoms with Crippen molar-refractivity contribution in [1.29, 1.82) is 0 Å². The summed E-state index contributed by atoms with van der Waals surface area (Å²) in [5.74, 6) is 4.79. The Hall–Kier alpha value is 2.08. The maximum atomic E-state index is 2.46. The van der Waals surface area contributed by atoms with Crippen LogP contribution in [0.2, 0.25) is 22.8 Å². The Morgan fingerprint density at radius 1 is 0.923 bits per heavy atom. The van der Waals surface area contributed by atoms with Gasteiger partial charge >= 0.3 is 110 Å². The Balaban J connectivity index is 3.74. The first-order valence-electron chi connectivity index (χ1n) is 4.50. The fraction of sp³-hybridized carbons (Fsp3) is 1.00. The van der Waals surface area contributed by atoms with Crippen LogP contribution < -0.4 is 0 Å². The van der Waals surface area contributed by atoms with Gasteiger partial charge in [-0.3, -0.25) is 0 Å². The van der Waals surface area contributed by atoms with Crippen molar-refractivity contribution in [3.63, 3.8) is 0 Å². The fourth-order valence-electron chi connectivity index (χ4n) is 0.763. The third-order valence-corrected chi connectivity index (χ3v) is 17.8. The Bertz CT molecular complexity index is 106. The van der Waals surface area contributed by atoms with E-state index in [-0.39, 0.29) is 0 Å². The van der Waals surface area contributed by atoms with Gasteiger partial charge in [-0.25, -0.2) is 0 Å². The van der Waals surface area contributed by atoms with Gasteiger partial charge in [0.1, 0.15) is 0 Å². The summed E-state index contributed by atoms with van der Waals surface area (Å²) in [6, 6.07) is 0. The first-order chi connectivity index (χ1) is 6.13. The molecule has 0 aromatic heterocycles. The van der Waals surface area contributed by atoms with Crippen molar-refractivity contribution >= 4 is 59.8 Å². The summed E-state index contributed by atoms with van der Waals surface area (Å²) in [7, 11) is 0. The molecule has 0 aliphatic carbocycles. The molecule has 0 rings (SSSR count). The van der Waals surface area contributed by atoms with Crippen molar-refractivity contribution in [3.8, 4) is 0 Å². The Labute approximate surface area is 109 Å². The standard InChI is InChI=1S/C9H20Se4/c1-6-9(12-7(2)10-4)13-8(3)11-5/h7-9H,6H2,1-5H3.